The number of nitrogens with two attached hydrogens (primary N) is 1. The maximum Gasteiger partial charge on any atom is 0.193 e. The van der Waals surface area contributed by atoms with Crippen LogP contribution < -0.4 is 11.1 Å². The van der Waals surface area contributed by atoms with Crippen LogP contribution in [-0.2, 0) is 6.42 Å². The molecule has 1 fully saturated rings. The highest BCUT2D eigenvalue weighted by atomic mass is 127. The van der Waals surface area contributed by atoms with Gasteiger partial charge in [0.15, 0.2) is 5.96 Å². The van der Waals surface area contributed by atoms with Crippen LogP contribution in [0.2, 0.25) is 0 Å². The number of anilines is 1. The van der Waals surface area contributed by atoms with Crippen molar-refractivity contribution in [2.24, 2.45) is 16.6 Å². The van der Waals surface area contributed by atoms with Crippen LogP contribution in [0.3, 0.4) is 0 Å². The zero-order chi connectivity index (χ0) is 15.9. The number of aryl methyl sites for hydroxylation is 1. The molecule has 5 heteroatoms. The average molecular weight is 430 g/mol. The number of rotatable bonds is 5. The van der Waals surface area contributed by atoms with Gasteiger partial charge in [-0.3, -0.25) is 9.89 Å². The van der Waals surface area contributed by atoms with Crippen molar-refractivity contribution >= 4 is 35.6 Å². The van der Waals surface area contributed by atoms with Crippen molar-refractivity contribution in [3.63, 3.8) is 0 Å². The van der Waals surface area contributed by atoms with Crippen LogP contribution in [0.5, 0.6) is 0 Å². The summed E-state index contributed by atoms with van der Waals surface area (Å²) in [7, 11) is 0. The van der Waals surface area contributed by atoms with Gasteiger partial charge in [-0.25, -0.2) is 0 Å². The molecule has 0 aromatic heterocycles. The molecule has 0 spiro atoms. The fraction of sp³-hybridized carbons (Fsp3) is 0.611. The standard InChI is InChI=1S/C18H30N4.HI/c1-4-16-6-5-7-17(12-16)21-18(19)20-13-15(3)22-10-8-14(2)9-11-22;/h5-7,12,14-15H,4,8-11,13H2,1-3H3,(H3,19,20,21);1H. The zero-order valence-electron chi connectivity index (χ0n) is 14.6. The van der Waals surface area contributed by atoms with E-state index in [9.17, 15) is 0 Å². The monoisotopic (exact) mass is 430 g/mol. The van der Waals surface area contributed by atoms with Crippen molar-refractivity contribution in [2.45, 2.75) is 46.1 Å². The quantitative estimate of drug-likeness (QED) is 0.426. The van der Waals surface area contributed by atoms with Gasteiger partial charge >= 0.3 is 0 Å². The summed E-state index contributed by atoms with van der Waals surface area (Å²) in [5.41, 5.74) is 8.33. The second-order valence-electron chi connectivity index (χ2n) is 6.47. The molecule has 2 rings (SSSR count). The summed E-state index contributed by atoms with van der Waals surface area (Å²) in [6.07, 6.45) is 3.62. The van der Waals surface area contributed by atoms with E-state index in [1.54, 1.807) is 0 Å². The Morgan fingerprint density at radius 2 is 2.09 bits per heavy atom. The normalized spacial score (nSPS) is 18.3. The van der Waals surface area contributed by atoms with Gasteiger partial charge in [0.1, 0.15) is 0 Å². The largest absolute Gasteiger partial charge is 0.370 e. The van der Waals surface area contributed by atoms with Gasteiger partial charge < -0.3 is 11.1 Å². The molecule has 0 saturated carbocycles. The summed E-state index contributed by atoms with van der Waals surface area (Å²) in [5, 5.41) is 3.19. The Morgan fingerprint density at radius 1 is 1.39 bits per heavy atom. The molecular formula is C18H31IN4. The Morgan fingerprint density at radius 3 is 2.74 bits per heavy atom. The van der Waals surface area contributed by atoms with E-state index in [0.29, 0.717) is 12.0 Å². The predicted octanol–water partition coefficient (Wildman–Crippen LogP) is 3.71. The van der Waals surface area contributed by atoms with Gasteiger partial charge in [-0.15, -0.1) is 24.0 Å². The Balaban J connectivity index is 0.00000264. The van der Waals surface area contributed by atoms with Crippen LogP contribution in [0.4, 0.5) is 5.69 Å². The summed E-state index contributed by atoms with van der Waals surface area (Å²) in [5.74, 6) is 1.37. The van der Waals surface area contributed by atoms with Crippen molar-refractivity contribution in [3.05, 3.63) is 29.8 Å². The van der Waals surface area contributed by atoms with E-state index in [1.165, 1.54) is 31.5 Å². The van der Waals surface area contributed by atoms with Gasteiger partial charge in [0, 0.05) is 11.7 Å². The third kappa shape index (κ3) is 6.67. The first-order valence-electron chi connectivity index (χ1n) is 8.48. The maximum absolute atomic E-state index is 6.02. The SMILES string of the molecule is CCc1cccc(NC(N)=NCC(C)N2CCC(C)CC2)c1.I. The zero-order valence-corrected chi connectivity index (χ0v) is 16.9. The molecule has 1 heterocycles. The minimum absolute atomic E-state index is 0. The van der Waals surface area contributed by atoms with Crippen molar-refractivity contribution in [2.75, 3.05) is 25.0 Å². The summed E-state index contributed by atoms with van der Waals surface area (Å²) >= 11 is 0. The fourth-order valence-electron chi connectivity index (χ4n) is 2.87. The lowest BCUT2D eigenvalue weighted by atomic mass is 9.98. The van der Waals surface area contributed by atoms with Crippen LogP contribution >= 0.6 is 24.0 Å². The predicted molar refractivity (Wildman–Crippen MR) is 111 cm³/mol. The van der Waals surface area contributed by atoms with Gasteiger partial charge in [0.2, 0.25) is 0 Å². The number of guanidine groups is 1. The number of benzene rings is 1. The first-order chi connectivity index (χ1) is 10.6. The minimum Gasteiger partial charge on any atom is -0.370 e. The third-order valence-electron chi connectivity index (χ3n) is 4.58. The number of likely N-dealkylation sites (tertiary alicyclic amines) is 1. The maximum atomic E-state index is 6.02. The molecule has 0 bridgehead atoms. The van der Waals surface area contributed by atoms with Gasteiger partial charge in [-0.05, 0) is 62.9 Å². The Hall–Kier alpha value is -0.820. The highest BCUT2D eigenvalue weighted by molar-refractivity contribution is 14.0. The Kier molecular flexibility index (Phi) is 8.91. The molecule has 0 aliphatic carbocycles. The first kappa shape index (κ1) is 20.2. The van der Waals surface area contributed by atoms with Gasteiger partial charge in [0.25, 0.3) is 0 Å². The van der Waals surface area contributed by atoms with E-state index in [-0.39, 0.29) is 24.0 Å². The topological polar surface area (TPSA) is 53.6 Å². The van der Waals surface area contributed by atoms with Crippen molar-refractivity contribution in [1.29, 1.82) is 0 Å². The summed E-state index contributed by atoms with van der Waals surface area (Å²) in [6, 6.07) is 8.77. The number of hydrogen-bond donors (Lipinski definition) is 2. The number of halogens is 1. The molecule has 130 valence electrons. The average Bonchev–Trinajstić information content (AvgIpc) is 2.53. The van der Waals surface area contributed by atoms with Gasteiger partial charge in [0.05, 0.1) is 6.54 Å². The lowest BCUT2D eigenvalue weighted by Crippen LogP contribution is -2.41. The molecule has 1 unspecified atom stereocenters. The number of aliphatic imine (C=N–C) groups is 1. The first-order valence-corrected chi connectivity index (χ1v) is 8.48. The Bertz CT molecular complexity index is 496. The van der Waals surface area contributed by atoms with Crippen LogP contribution in [0.15, 0.2) is 29.3 Å². The smallest absolute Gasteiger partial charge is 0.193 e. The highest BCUT2D eigenvalue weighted by Crippen LogP contribution is 2.18. The number of nitrogens with one attached hydrogen (secondary N) is 1. The van der Waals surface area contributed by atoms with Crippen LogP contribution in [0.1, 0.15) is 39.2 Å². The molecule has 0 amide bonds. The van der Waals surface area contributed by atoms with E-state index in [4.69, 9.17) is 5.73 Å². The van der Waals surface area contributed by atoms with Crippen molar-refractivity contribution < 1.29 is 0 Å². The fourth-order valence-corrected chi connectivity index (χ4v) is 2.87. The van der Waals surface area contributed by atoms with E-state index in [1.807, 2.05) is 12.1 Å². The number of hydrogen-bond acceptors (Lipinski definition) is 2. The molecule has 0 radical (unpaired) electrons. The van der Waals surface area contributed by atoms with Crippen LogP contribution in [0, 0.1) is 5.92 Å². The lowest BCUT2D eigenvalue weighted by molar-refractivity contribution is 0.150. The second kappa shape index (κ2) is 10.1. The van der Waals surface area contributed by atoms with Crippen molar-refractivity contribution in [3.8, 4) is 0 Å². The molecular weight excluding hydrogens is 399 g/mol. The van der Waals surface area contributed by atoms with Gasteiger partial charge in [-0.1, -0.05) is 26.0 Å². The molecule has 1 aliphatic heterocycles. The van der Waals surface area contributed by atoms with Crippen LogP contribution in [0.25, 0.3) is 0 Å². The number of piperidine rings is 1. The number of nitrogens with zero attached hydrogens (tertiary/aromatic N) is 2. The van der Waals surface area contributed by atoms with Gasteiger partial charge in [-0.2, -0.15) is 0 Å². The molecule has 4 nitrogen and oxygen atoms in total. The summed E-state index contributed by atoms with van der Waals surface area (Å²) in [4.78, 5) is 7.03. The minimum atomic E-state index is 0. The molecule has 3 N–H and O–H groups in total. The Labute approximate surface area is 157 Å². The van der Waals surface area contributed by atoms with E-state index in [2.05, 4.69) is 48.1 Å². The van der Waals surface area contributed by atoms with E-state index >= 15 is 0 Å². The molecule has 23 heavy (non-hydrogen) atoms. The molecule has 1 aromatic rings. The lowest BCUT2D eigenvalue weighted by Gasteiger charge is -2.34. The van der Waals surface area contributed by atoms with Crippen LogP contribution in [-0.4, -0.2) is 36.5 Å². The third-order valence-corrected chi connectivity index (χ3v) is 4.58. The second-order valence-corrected chi connectivity index (χ2v) is 6.47. The van der Waals surface area contributed by atoms with E-state index < -0.39 is 0 Å². The summed E-state index contributed by atoms with van der Waals surface area (Å²) in [6.45, 7) is 9.85. The molecule has 1 saturated heterocycles. The molecule has 1 aromatic carbocycles. The summed E-state index contributed by atoms with van der Waals surface area (Å²) < 4.78 is 0. The highest BCUT2D eigenvalue weighted by Gasteiger charge is 2.19. The van der Waals surface area contributed by atoms with E-state index in [0.717, 1.165) is 24.6 Å². The molecule has 1 aliphatic rings. The van der Waals surface area contributed by atoms with Crippen molar-refractivity contribution in [1.82, 2.24) is 4.90 Å². The molecule has 1 atom stereocenters.